The number of carbonyl (C=O) groups is 3. The summed E-state index contributed by atoms with van der Waals surface area (Å²) < 4.78 is 34.0. The lowest BCUT2D eigenvalue weighted by Crippen LogP contribution is -2.65. The summed E-state index contributed by atoms with van der Waals surface area (Å²) in [5.74, 6) is 0.732. The number of urea groups is 1. The minimum atomic E-state index is -0.414. The van der Waals surface area contributed by atoms with Gasteiger partial charge in [0.15, 0.2) is 11.6 Å². The SMILES string of the molecule is CN(C(=O)N1CCC(Oc2cc(F)cc(N3[C@H]4COC[C@H]3CN(c3cc(-c5ccccc5O)nnc3N)C4)c2)CC1)C1CCN(c2cccc3c2OCCN3[C@H]2CCC(=O)NC2=O)CC1. The number of phenolic OH excluding ortho intramolecular Hbond substituents is 1. The van der Waals surface area contributed by atoms with Crippen molar-refractivity contribution in [2.24, 2.45) is 0 Å². The first-order chi connectivity index (χ1) is 31.6. The number of nitrogen functional groups attached to an aromatic ring is 1. The van der Waals surface area contributed by atoms with Crippen LogP contribution >= 0.6 is 0 Å². The number of nitrogens with zero attached hydrogens (tertiary/aromatic N) is 8. The molecular weight excluding hydrogens is 836 g/mol. The summed E-state index contributed by atoms with van der Waals surface area (Å²) >= 11 is 0. The van der Waals surface area contributed by atoms with Gasteiger partial charge in [0.25, 0.3) is 0 Å². The van der Waals surface area contributed by atoms with E-state index in [1.165, 1.54) is 6.07 Å². The Morgan fingerprint density at radius 2 is 1.63 bits per heavy atom. The Morgan fingerprint density at radius 1 is 0.877 bits per heavy atom. The molecule has 4 amide bonds. The quantitative estimate of drug-likeness (QED) is 0.214. The molecule has 1 aromatic heterocycles. The largest absolute Gasteiger partial charge is 0.507 e. The number of benzene rings is 3. The van der Waals surface area contributed by atoms with Crippen molar-refractivity contribution >= 4 is 46.4 Å². The number of hydrogen-bond acceptors (Lipinski definition) is 14. The molecule has 0 unspecified atom stereocenters. The van der Waals surface area contributed by atoms with Gasteiger partial charge in [-0.3, -0.25) is 14.9 Å². The zero-order valence-corrected chi connectivity index (χ0v) is 36.5. The molecule has 4 N–H and O–H groups in total. The van der Waals surface area contributed by atoms with Crippen molar-refractivity contribution in [3.8, 4) is 28.5 Å². The van der Waals surface area contributed by atoms with Crippen molar-refractivity contribution < 1.29 is 38.1 Å². The van der Waals surface area contributed by atoms with E-state index >= 15 is 4.39 Å². The molecule has 3 aromatic carbocycles. The molecule has 3 atom stereocenters. The summed E-state index contributed by atoms with van der Waals surface area (Å²) in [6.45, 7) is 5.57. The van der Waals surface area contributed by atoms with Crippen molar-refractivity contribution in [2.75, 3.05) is 98.0 Å². The zero-order chi connectivity index (χ0) is 44.8. The zero-order valence-electron chi connectivity index (χ0n) is 36.5. The van der Waals surface area contributed by atoms with E-state index in [-0.39, 0.29) is 53.6 Å². The number of nitrogens with one attached hydrogen (secondary N) is 1. The molecule has 6 aliphatic rings. The Bertz CT molecular complexity index is 2430. The van der Waals surface area contributed by atoms with Gasteiger partial charge in [-0.2, -0.15) is 0 Å². The predicted octanol–water partition coefficient (Wildman–Crippen LogP) is 4.23. The number of hydrogen-bond donors (Lipinski definition) is 3. The van der Waals surface area contributed by atoms with Gasteiger partial charge in [-0.15, -0.1) is 10.2 Å². The highest BCUT2D eigenvalue weighted by molar-refractivity contribution is 6.02. The van der Waals surface area contributed by atoms with E-state index in [0.29, 0.717) is 101 Å². The van der Waals surface area contributed by atoms with Crippen LogP contribution in [0.4, 0.5) is 37.8 Å². The second-order valence-corrected chi connectivity index (χ2v) is 17.9. The molecule has 7 heterocycles. The number of anilines is 5. The van der Waals surface area contributed by atoms with Crippen LogP contribution in [-0.4, -0.2) is 146 Å². The number of morpholine rings is 1. The van der Waals surface area contributed by atoms with Gasteiger partial charge < -0.3 is 54.5 Å². The number of aromatic hydroxyl groups is 1. The first-order valence-corrected chi connectivity index (χ1v) is 22.7. The van der Waals surface area contributed by atoms with Crippen molar-refractivity contribution in [1.29, 1.82) is 0 Å². The highest BCUT2D eigenvalue weighted by Crippen LogP contribution is 2.43. The van der Waals surface area contributed by atoms with Crippen molar-refractivity contribution in [2.45, 2.75) is 68.8 Å². The summed E-state index contributed by atoms with van der Waals surface area (Å²) in [4.78, 5) is 50.9. The number of para-hydroxylation sites is 2. The molecule has 17 nitrogen and oxygen atoms in total. The summed E-state index contributed by atoms with van der Waals surface area (Å²) in [6.07, 6.45) is 3.46. The molecule has 18 heteroatoms. The number of rotatable bonds is 8. The number of piperidine rings is 3. The summed E-state index contributed by atoms with van der Waals surface area (Å²) in [5.41, 5.74) is 10.7. The van der Waals surface area contributed by atoms with Crippen LogP contribution in [0.3, 0.4) is 0 Å². The van der Waals surface area contributed by atoms with Crippen molar-refractivity contribution in [3.63, 3.8) is 0 Å². The smallest absolute Gasteiger partial charge is 0.319 e. The third kappa shape index (κ3) is 8.46. The van der Waals surface area contributed by atoms with Gasteiger partial charge in [-0.25, -0.2) is 9.18 Å². The molecule has 0 saturated carbocycles. The topological polar surface area (TPSA) is 182 Å². The Kier molecular flexibility index (Phi) is 11.6. The van der Waals surface area contributed by atoms with E-state index in [1.54, 1.807) is 24.3 Å². The highest BCUT2D eigenvalue weighted by atomic mass is 19.1. The number of imide groups is 1. The van der Waals surface area contributed by atoms with Crippen LogP contribution in [0.5, 0.6) is 17.2 Å². The third-order valence-corrected chi connectivity index (χ3v) is 13.9. The average molecular weight is 891 g/mol. The lowest BCUT2D eigenvalue weighted by molar-refractivity contribution is -0.134. The van der Waals surface area contributed by atoms with Gasteiger partial charge >= 0.3 is 6.03 Å². The lowest BCUT2D eigenvalue weighted by atomic mass is 10.0. The van der Waals surface area contributed by atoms with E-state index in [0.717, 1.165) is 54.4 Å². The van der Waals surface area contributed by atoms with Gasteiger partial charge in [0, 0.05) is 95.0 Å². The van der Waals surface area contributed by atoms with E-state index in [4.69, 9.17) is 19.9 Å². The van der Waals surface area contributed by atoms with Crippen LogP contribution in [-0.2, 0) is 14.3 Å². The van der Waals surface area contributed by atoms with Gasteiger partial charge in [0.1, 0.15) is 36.1 Å². The summed E-state index contributed by atoms with van der Waals surface area (Å²) in [5, 5.41) is 21.4. The second-order valence-electron chi connectivity index (χ2n) is 17.9. The number of piperazine rings is 1. The van der Waals surface area contributed by atoms with E-state index in [2.05, 4.69) is 41.2 Å². The van der Waals surface area contributed by atoms with E-state index in [9.17, 15) is 19.5 Å². The van der Waals surface area contributed by atoms with Crippen LogP contribution in [0.1, 0.15) is 38.5 Å². The number of carbonyl (C=O) groups excluding carboxylic acids is 3. The molecule has 5 fully saturated rings. The second kappa shape index (κ2) is 17.8. The molecule has 6 aliphatic heterocycles. The maximum absolute atomic E-state index is 15.4. The van der Waals surface area contributed by atoms with Crippen LogP contribution in [0.25, 0.3) is 11.3 Å². The molecule has 0 aliphatic carbocycles. The third-order valence-electron chi connectivity index (χ3n) is 13.9. The van der Waals surface area contributed by atoms with Crippen LogP contribution in [0, 0.1) is 5.82 Å². The number of aromatic nitrogens is 2. The Morgan fingerprint density at radius 3 is 2.38 bits per heavy atom. The maximum Gasteiger partial charge on any atom is 0.319 e. The van der Waals surface area contributed by atoms with Gasteiger partial charge in [-0.1, -0.05) is 18.2 Å². The van der Waals surface area contributed by atoms with Gasteiger partial charge in [0.2, 0.25) is 11.8 Å². The lowest BCUT2D eigenvalue weighted by Gasteiger charge is -2.51. The number of ether oxygens (including phenoxy) is 3. The first-order valence-electron chi connectivity index (χ1n) is 22.7. The molecule has 65 heavy (non-hydrogen) atoms. The van der Waals surface area contributed by atoms with Crippen LogP contribution < -0.4 is 40.1 Å². The average Bonchev–Trinajstić information content (AvgIpc) is 3.31. The standard InChI is InChI=1S/C47H55FN10O7/c1-53(30-11-15-54(16-12-30)38-6-4-7-39-44(38)64-20-19-57(39)40-9-10-43(60)50-46(40)61)47(62)55-17-13-34(14-18-55)65-35-22-29(48)21-31(23-35)58-32-25-56(26-33(58)28-63-27-32)41-24-37(51-52-45(41)49)36-5-2-3-8-42(36)59/h2-8,21-24,30,32-34,40,59H,9-20,25-28H2,1H3,(H2,49,52)(H,50,60,61)/t32-,33-,40+/m1/s1. The molecule has 0 spiro atoms. The van der Waals surface area contributed by atoms with E-state index in [1.807, 2.05) is 47.2 Å². The van der Waals surface area contributed by atoms with Gasteiger partial charge in [-0.05, 0) is 55.7 Å². The van der Waals surface area contributed by atoms with E-state index < -0.39 is 6.04 Å². The molecule has 342 valence electrons. The highest BCUT2D eigenvalue weighted by Gasteiger charge is 2.41. The molecule has 5 saturated heterocycles. The number of phenols is 1. The minimum Gasteiger partial charge on any atom is -0.507 e. The van der Waals surface area contributed by atoms with Crippen LogP contribution in [0.2, 0.25) is 0 Å². The summed E-state index contributed by atoms with van der Waals surface area (Å²) in [7, 11) is 1.89. The predicted molar refractivity (Wildman–Crippen MR) is 242 cm³/mol. The number of fused-ring (bicyclic) bond motifs is 3. The number of amides is 4. The first kappa shape index (κ1) is 42.4. The Labute approximate surface area is 376 Å². The normalized spacial score (nSPS) is 22.9. The number of halogens is 1. The van der Waals surface area contributed by atoms with Gasteiger partial charge in [0.05, 0.1) is 54.6 Å². The number of likely N-dealkylation sites (tertiary alicyclic amines) is 1. The van der Waals surface area contributed by atoms with Crippen molar-refractivity contribution in [1.82, 2.24) is 25.3 Å². The Balaban J connectivity index is 0.733. The number of nitrogens with two attached hydrogens (primary N) is 1. The van der Waals surface area contributed by atoms with Crippen LogP contribution in [0.15, 0.2) is 66.7 Å². The minimum absolute atomic E-state index is 0.00175. The molecular formula is C47H55FN10O7. The fourth-order valence-electron chi connectivity index (χ4n) is 10.5. The molecule has 10 rings (SSSR count). The molecule has 2 bridgehead atoms. The fourth-order valence-corrected chi connectivity index (χ4v) is 10.5. The monoisotopic (exact) mass is 890 g/mol. The molecule has 4 aromatic rings. The van der Waals surface area contributed by atoms with Crippen molar-refractivity contribution in [3.05, 3.63) is 72.5 Å². The molecule has 0 radical (unpaired) electrons. The fraction of sp³-hybridized carbons (Fsp3) is 0.468. The maximum atomic E-state index is 15.4. The summed E-state index contributed by atoms with van der Waals surface area (Å²) in [6, 6.07) is 19.2. The Hall–Kier alpha value is -6.56.